The van der Waals surface area contributed by atoms with Crippen molar-refractivity contribution in [2.24, 2.45) is 5.41 Å². The largest absolute Gasteiger partial charge is 0.252 e. The van der Waals surface area contributed by atoms with Crippen molar-refractivity contribution >= 4 is 10.9 Å². The van der Waals surface area contributed by atoms with Crippen molar-refractivity contribution in [3.63, 3.8) is 0 Å². The molecule has 1 aliphatic carbocycles. The van der Waals surface area contributed by atoms with Gasteiger partial charge in [0.15, 0.2) is 0 Å². The predicted octanol–water partition coefficient (Wildman–Crippen LogP) is 4.70. The van der Waals surface area contributed by atoms with Crippen LogP contribution in [0, 0.1) is 5.41 Å². The molecule has 2 aromatic rings. The summed E-state index contributed by atoms with van der Waals surface area (Å²) < 4.78 is 0. The standard InChI is InChI=1S/C17H21N/c1-17(2,3)14-9-6-8-13-11-12-7-4-5-10-15(12)18-16(13)14/h4-5,7,10-11,14H,6,8-9H2,1-3H3. The second-order valence-corrected chi connectivity index (χ2v) is 6.54. The van der Waals surface area contributed by atoms with Crippen LogP contribution < -0.4 is 0 Å². The Balaban J connectivity index is 2.19. The molecule has 1 heterocycles. The Morgan fingerprint density at radius 3 is 2.72 bits per heavy atom. The minimum atomic E-state index is 0.310. The molecular weight excluding hydrogens is 218 g/mol. The second-order valence-electron chi connectivity index (χ2n) is 6.54. The van der Waals surface area contributed by atoms with Crippen molar-refractivity contribution in [3.8, 4) is 0 Å². The highest BCUT2D eigenvalue weighted by Gasteiger charge is 2.31. The maximum Gasteiger partial charge on any atom is 0.0705 e. The van der Waals surface area contributed by atoms with Crippen molar-refractivity contribution in [2.45, 2.75) is 46.0 Å². The van der Waals surface area contributed by atoms with E-state index in [1.807, 2.05) is 0 Å². The van der Waals surface area contributed by atoms with Gasteiger partial charge < -0.3 is 0 Å². The Morgan fingerprint density at radius 2 is 1.94 bits per heavy atom. The number of hydrogen-bond donors (Lipinski definition) is 0. The fourth-order valence-electron chi connectivity index (χ4n) is 3.15. The van der Waals surface area contributed by atoms with Crippen molar-refractivity contribution in [3.05, 3.63) is 41.6 Å². The lowest BCUT2D eigenvalue weighted by Crippen LogP contribution is -2.24. The summed E-state index contributed by atoms with van der Waals surface area (Å²) in [6.45, 7) is 7.01. The van der Waals surface area contributed by atoms with E-state index in [1.165, 1.54) is 35.9 Å². The smallest absolute Gasteiger partial charge is 0.0705 e. The molecule has 0 saturated heterocycles. The van der Waals surface area contributed by atoms with Gasteiger partial charge in [0, 0.05) is 17.0 Å². The van der Waals surface area contributed by atoms with E-state index in [0.29, 0.717) is 11.3 Å². The first-order valence-electron chi connectivity index (χ1n) is 6.94. The maximum absolute atomic E-state index is 4.96. The molecule has 1 unspecified atom stereocenters. The van der Waals surface area contributed by atoms with E-state index >= 15 is 0 Å². The summed E-state index contributed by atoms with van der Waals surface area (Å²) in [5.41, 5.74) is 4.28. The molecule has 0 N–H and O–H groups in total. The Bertz CT molecular complexity index is 578. The molecule has 0 saturated carbocycles. The van der Waals surface area contributed by atoms with E-state index < -0.39 is 0 Å². The molecule has 18 heavy (non-hydrogen) atoms. The van der Waals surface area contributed by atoms with Crippen LogP contribution in [0.2, 0.25) is 0 Å². The molecule has 0 aliphatic heterocycles. The minimum Gasteiger partial charge on any atom is -0.252 e. The molecule has 1 heteroatoms. The van der Waals surface area contributed by atoms with Crippen LogP contribution in [0.3, 0.4) is 0 Å². The molecule has 0 bridgehead atoms. The van der Waals surface area contributed by atoms with Crippen LogP contribution >= 0.6 is 0 Å². The van der Waals surface area contributed by atoms with Crippen LogP contribution in [-0.4, -0.2) is 4.98 Å². The summed E-state index contributed by atoms with van der Waals surface area (Å²) in [6.07, 6.45) is 3.77. The first-order valence-corrected chi connectivity index (χ1v) is 6.94. The molecule has 1 atom stereocenters. The van der Waals surface area contributed by atoms with E-state index in [4.69, 9.17) is 4.98 Å². The number of pyridine rings is 1. The van der Waals surface area contributed by atoms with Crippen molar-refractivity contribution in [1.82, 2.24) is 4.98 Å². The predicted molar refractivity (Wildman–Crippen MR) is 76.9 cm³/mol. The van der Waals surface area contributed by atoms with Gasteiger partial charge in [-0.2, -0.15) is 0 Å². The number of para-hydroxylation sites is 1. The molecule has 3 rings (SSSR count). The molecule has 0 radical (unpaired) electrons. The third-order valence-electron chi connectivity index (χ3n) is 4.15. The van der Waals surface area contributed by atoms with Gasteiger partial charge in [0.2, 0.25) is 0 Å². The van der Waals surface area contributed by atoms with Crippen LogP contribution in [0.25, 0.3) is 10.9 Å². The van der Waals surface area contributed by atoms with Crippen molar-refractivity contribution in [2.75, 3.05) is 0 Å². The van der Waals surface area contributed by atoms with Gasteiger partial charge in [-0.1, -0.05) is 39.0 Å². The van der Waals surface area contributed by atoms with Crippen LogP contribution in [0.4, 0.5) is 0 Å². The van der Waals surface area contributed by atoms with E-state index in [9.17, 15) is 0 Å². The number of fused-ring (bicyclic) bond motifs is 2. The fourth-order valence-corrected chi connectivity index (χ4v) is 3.15. The number of aromatic nitrogens is 1. The van der Waals surface area contributed by atoms with E-state index in [0.717, 1.165) is 5.52 Å². The van der Waals surface area contributed by atoms with Crippen LogP contribution in [0.15, 0.2) is 30.3 Å². The first kappa shape index (κ1) is 11.7. The highest BCUT2D eigenvalue weighted by Crippen LogP contribution is 2.43. The Morgan fingerprint density at radius 1 is 1.17 bits per heavy atom. The summed E-state index contributed by atoms with van der Waals surface area (Å²) in [6, 6.07) is 10.8. The average molecular weight is 239 g/mol. The Labute approximate surface area is 109 Å². The highest BCUT2D eigenvalue weighted by atomic mass is 14.7. The second kappa shape index (κ2) is 4.08. The average Bonchev–Trinajstić information content (AvgIpc) is 2.34. The summed E-state index contributed by atoms with van der Waals surface area (Å²) >= 11 is 0. The molecule has 1 nitrogen and oxygen atoms in total. The zero-order valence-electron chi connectivity index (χ0n) is 11.5. The summed E-state index contributed by atoms with van der Waals surface area (Å²) in [5, 5.41) is 1.28. The molecule has 0 spiro atoms. The van der Waals surface area contributed by atoms with Gasteiger partial charge in [0.25, 0.3) is 0 Å². The molecule has 94 valence electrons. The molecule has 1 aromatic heterocycles. The normalized spacial score (nSPS) is 19.8. The maximum atomic E-state index is 4.96. The van der Waals surface area contributed by atoms with E-state index in [-0.39, 0.29) is 0 Å². The van der Waals surface area contributed by atoms with Crippen LogP contribution in [0.5, 0.6) is 0 Å². The molecule has 0 fully saturated rings. The number of aryl methyl sites for hydroxylation is 1. The molecule has 0 amide bonds. The molecule has 1 aliphatic rings. The third-order valence-corrected chi connectivity index (χ3v) is 4.15. The van der Waals surface area contributed by atoms with Gasteiger partial charge in [-0.05, 0) is 42.4 Å². The van der Waals surface area contributed by atoms with Gasteiger partial charge in [-0.3, -0.25) is 4.98 Å². The Kier molecular flexibility index (Phi) is 2.65. The van der Waals surface area contributed by atoms with Gasteiger partial charge >= 0.3 is 0 Å². The van der Waals surface area contributed by atoms with Crippen LogP contribution in [0.1, 0.15) is 50.8 Å². The summed E-state index contributed by atoms with van der Waals surface area (Å²) in [7, 11) is 0. The summed E-state index contributed by atoms with van der Waals surface area (Å²) in [5.74, 6) is 0.603. The van der Waals surface area contributed by atoms with Gasteiger partial charge in [0.05, 0.1) is 5.52 Å². The zero-order chi connectivity index (χ0) is 12.8. The minimum absolute atomic E-state index is 0.310. The molecular formula is C17H21N. The van der Waals surface area contributed by atoms with Gasteiger partial charge in [0.1, 0.15) is 0 Å². The van der Waals surface area contributed by atoms with Crippen molar-refractivity contribution in [1.29, 1.82) is 0 Å². The highest BCUT2D eigenvalue weighted by molar-refractivity contribution is 5.79. The van der Waals surface area contributed by atoms with E-state index in [2.05, 4.69) is 51.1 Å². The lowest BCUT2D eigenvalue weighted by molar-refractivity contribution is 0.284. The zero-order valence-corrected chi connectivity index (χ0v) is 11.5. The molecule has 1 aromatic carbocycles. The lowest BCUT2D eigenvalue weighted by Gasteiger charge is -2.35. The monoisotopic (exact) mass is 239 g/mol. The number of nitrogens with zero attached hydrogens (tertiary/aromatic N) is 1. The first-order chi connectivity index (χ1) is 8.55. The SMILES string of the molecule is CC(C)(C)C1CCCc2cc3ccccc3nc21. The summed E-state index contributed by atoms with van der Waals surface area (Å²) in [4.78, 5) is 4.96. The fraction of sp³-hybridized carbons (Fsp3) is 0.471. The lowest BCUT2D eigenvalue weighted by atomic mass is 9.71. The van der Waals surface area contributed by atoms with Crippen LogP contribution in [-0.2, 0) is 6.42 Å². The third kappa shape index (κ3) is 1.92. The quantitative estimate of drug-likeness (QED) is 0.649. The van der Waals surface area contributed by atoms with E-state index in [1.54, 1.807) is 0 Å². The van der Waals surface area contributed by atoms with Crippen molar-refractivity contribution < 1.29 is 0 Å². The van der Waals surface area contributed by atoms with Gasteiger partial charge in [-0.15, -0.1) is 0 Å². The van der Waals surface area contributed by atoms with Gasteiger partial charge in [-0.25, -0.2) is 0 Å². The number of rotatable bonds is 0. The topological polar surface area (TPSA) is 12.9 Å². The Hall–Kier alpha value is -1.37. The number of benzene rings is 1. The number of hydrogen-bond acceptors (Lipinski definition) is 1.